The van der Waals surface area contributed by atoms with E-state index < -0.39 is 0 Å². The average molecular weight is 206 g/mol. The third kappa shape index (κ3) is 1.77. The average Bonchev–Trinajstić information content (AvgIpc) is 2.50. The van der Waals surface area contributed by atoms with Crippen LogP contribution in [0.15, 0.2) is 11.6 Å². The molecule has 1 spiro atoms. The zero-order chi connectivity index (χ0) is 11.1. The van der Waals surface area contributed by atoms with Crippen LogP contribution in [0, 0.1) is 23.2 Å². The van der Waals surface area contributed by atoms with Crippen LogP contribution in [-0.4, -0.2) is 0 Å². The minimum atomic E-state index is 0.674. The van der Waals surface area contributed by atoms with Gasteiger partial charge in [0.15, 0.2) is 0 Å². The summed E-state index contributed by atoms with van der Waals surface area (Å²) in [5.74, 6) is 2.81. The molecule has 0 amide bonds. The Morgan fingerprint density at radius 2 is 2.07 bits per heavy atom. The van der Waals surface area contributed by atoms with Crippen LogP contribution in [0.3, 0.4) is 0 Å². The Labute approximate surface area is 95.1 Å². The monoisotopic (exact) mass is 206 g/mol. The van der Waals surface area contributed by atoms with E-state index in [1.54, 1.807) is 5.57 Å². The second-order valence-electron chi connectivity index (χ2n) is 6.32. The lowest BCUT2D eigenvalue weighted by Crippen LogP contribution is -2.35. The highest BCUT2D eigenvalue weighted by Gasteiger charge is 2.48. The Kier molecular flexibility index (Phi) is 2.96. The highest BCUT2D eigenvalue weighted by molar-refractivity contribution is 5.11. The molecule has 0 aromatic carbocycles. The van der Waals surface area contributed by atoms with E-state index in [4.69, 9.17) is 0 Å². The van der Waals surface area contributed by atoms with Gasteiger partial charge >= 0.3 is 0 Å². The molecule has 86 valence electrons. The predicted octanol–water partition coefficient (Wildman–Crippen LogP) is 4.81. The van der Waals surface area contributed by atoms with E-state index in [9.17, 15) is 0 Å². The number of allylic oxidation sites excluding steroid dienone is 2. The predicted molar refractivity (Wildman–Crippen MR) is 66.8 cm³/mol. The molecular weight excluding hydrogens is 180 g/mol. The van der Waals surface area contributed by atoms with Crippen molar-refractivity contribution >= 4 is 0 Å². The second-order valence-corrected chi connectivity index (χ2v) is 6.32. The molecule has 0 bridgehead atoms. The normalized spacial score (nSPS) is 41.3. The highest BCUT2D eigenvalue weighted by Crippen LogP contribution is 2.57. The summed E-state index contributed by atoms with van der Waals surface area (Å²) in [4.78, 5) is 0. The Balaban J connectivity index is 2.23. The van der Waals surface area contributed by atoms with Crippen molar-refractivity contribution in [1.29, 1.82) is 0 Å². The maximum absolute atomic E-state index is 2.53. The molecule has 1 fully saturated rings. The molecule has 0 radical (unpaired) electrons. The molecule has 2 aliphatic rings. The van der Waals surface area contributed by atoms with Crippen LogP contribution in [0.4, 0.5) is 0 Å². The van der Waals surface area contributed by atoms with Gasteiger partial charge in [0.05, 0.1) is 0 Å². The lowest BCUT2D eigenvalue weighted by atomic mass is 9.62. The van der Waals surface area contributed by atoms with Crippen LogP contribution in [0.2, 0.25) is 0 Å². The van der Waals surface area contributed by atoms with Gasteiger partial charge in [-0.05, 0) is 62.2 Å². The van der Waals surface area contributed by atoms with Gasteiger partial charge in [0.2, 0.25) is 0 Å². The Morgan fingerprint density at radius 1 is 1.33 bits per heavy atom. The first-order valence-corrected chi connectivity index (χ1v) is 6.72. The fourth-order valence-corrected chi connectivity index (χ4v) is 4.15. The van der Waals surface area contributed by atoms with Crippen LogP contribution in [0.5, 0.6) is 0 Å². The molecule has 0 heterocycles. The fraction of sp³-hybridized carbons (Fsp3) is 0.867. The lowest BCUT2D eigenvalue weighted by molar-refractivity contribution is 0.0904. The van der Waals surface area contributed by atoms with Crippen molar-refractivity contribution in [2.45, 2.75) is 59.8 Å². The molecule has 3 atom stereocenters. The topological polar surface area (TPSA) is 0 Å². The van der Waals surface area contributed by atoms with E-state index in [-0.39, 0.29) is 0 Å². The highest BCUT2D eigenvalue weighted by atomic mass is 14.5. The number of hydrogen-bond acceptors (Lipinski definition) is 0. The maximum Gasteiger partial charge on any atom is -0.0203 e. The number of rotatable bonds is 1. The lowest BCUT2D eigenvalue weighted by Gasteiger charge is -2.43. The quantitative estimate of drug-likeness (QED) is 0.540. The van der Waals surface area contributed by atoms with E-state index in [0.29, 0.717) is 5.41 Å². The van der Waals surface area contributed by atoms with Crippen LogP contribution in [0.25, 0.3) is 0 Å². The van der Waals surface area contributed by atoms with Crippen molar-refractivity contribution in [2.24, 2.45) is 23.2 Å². The molecular formula is C15H26. The van der Waals surface area contributed by atoms with Crippen molar-refractivity contribution in [3.05, 3.63) is 11.6 Å². The summed E-state index contributed by atoms with van der Waals surface area (Å²) in [6.07, 6.45) is 9.65. The summed E-state index contributed by atoms with van der Waals surface area (Å²) in [6.45, 7) is 9.65. The van der Waals surface area contributed by atoms with Gasteiger partial charge in [-0.3, -0.25) is 0 Å². The van der Waals surface area contributed by atoms with Gasteiger partial charge in [-0.1, -0.05) is 32.4 Å². The smallest absolute Gasteiger partial charge is 0.0203 e. The third-order valence-electron chi connectivity index (χ3n) is 5.25. The van der Waals surface area contributed by atoms with E-state index >= 15 is 0 Å². The molecule has 0 aliphatic heterocycles. The molecule has 0 aromatic heterocycles. The molecule has 15 heavy (non-hydrogen) atoms. The summed E-state index contributed by atoms with van der Waals surface area (Å²) < 4.78 is 0. The van der Waals surface area contributed by atoms with Crippen molar-refractivity contribution in [2.75, 3.05) is 0 Å². The van der Waals surface area contributed by atoms with Gasteiger partial charge in [-0.15, -0.1) is 0 Å². The SMILES string of the molecule is CC1=CC[C@]2(CC1)[C@@H](C)CC[C@H]2C(C)C. The van der Waals surface area contributed by atoms with Crippen molar-refractivity contribution < 1.29 is 0 Å². The van der Waals surface area contributed by atoms with Crippen LogP contribution < -0.4 is 0 Å². The molecule has 1 saturated carbocycles. The number of hydrogen-bond donors (Lipinski definition) is 0. The van der Waals surface area contributed by atoms with Crippen molar-refractivity contribution in [3.8, 4) is 0 Å². The third-order valence-corrected chi connectivity index (χ3v) is 5.25. The first-order valence-electron chi connectivity index (χ1n) is 6.72. The molecule has 0 aromatic rings. The van der Waals surface area contributed by atoms with E-state index in [2.05, 4.69) is 33.8 Å². The van der Waals surface area contributed by atoms with Gasteiger partial charge in [0, 0.05) is 0 Å². The fourth-order valence-electron chi connectivity index (χ4n) is 4.15. The van der Waals surface area contributed by atoms with Crippen LogP contribution >= 0.6 is 0 Å². The van der Waals surface area contributed by atoms with Gasteiger partial charge in [-0.2, -0.15) is 0 Å². The molecule has 2 rings (SSSR count). The molecule has 0 nitrogen and oxygen atoms in total. The Morgan fingerprint density at radius 3 is 2.60 bits per heavy atom. The van der Waals surface area contributed by atoms with E-state index in [0.717, 1.165) is 17.8 Å². The van der Waals surface area contributed by atoms with Crippen molar-refractivity contribution in [1.82, 2.24) is 0 Å². The maximum atomic E-state index is 2.53. The van der Waals surface area contributed by atoms with Crippen LogP contribution in [-0.2, 0) is 0 Å². The molecule has 0 saturated heterocycles. The standard InChI is InChI=1S/C15H26/c1-11(2)14-6-5-13(4)15(14)9-7-12(3)8-10-15/h7,11,13-14H,5-6,8-10H2,1-4H3/t13-,14-,15-/m0/s1. The summed E-state index contributed by atoms with van der Waals surface area (Å²) in [7, 11) is 0. The first kappa shape index (κ1) is 11.2. The largest absolute Gasteiger partial charge is 0.0850 e. The zero-order valence-corrected chi connectivity index (χ0v) is 10.8. The van der Waals surface area contributed by atoms with Gasteiger partial charge in [-0.25, -0.2) is 0 Å². The Bertz CT molecular complexity index is 261. The van der Waals surface area contributed by atoms with Gasteiger partial charge in [0.25, 0.3) is 0 Å². The second kappa shape index (κ2) is 3.96. The molecule has 0 unspecified atom stereocenters. The van der Waals surface area contributed by atoms with Gasteiger partial charge < -0.3 is 0 Å². The summed E-state index contributed by atoms with van der Waals surface area (Å²) >= 11 is 0. The minimum Gasteiger partial charge on any atom is -0.0850 e. The summed E-state index contributed by atoms with van der Waals surface area (Å²) in [5.41, 5.74) is 2.30. The molecule has 0 heteroatoms. The minimum absolute atomic E-state index is 0.674. The molecule has 2 aliphatic carbocycles. The van der Waals surface area contributed by atoms with Gasteiger partial charge in [0.1, 0.15) is 0 Å². The Hall–Kier alpha value is -0.260. The first-order chi connectivity index (χ1) is 7.06. The summed E-state index contributed by atoms with van der Waals surface area (Å²) in [5, 5.41) is 0. The van der Waals surface area contributed by atoms with Crippen molar-refractivity contribution in [3.63, 3.8) is 0 Å². The van der Waals surface area contributed by atoms with Crippen LogP contribution in [0.1, 0.15) is 59.8 Å². The summed E-state index contributed by atoms with van der Waals surface area (Å²) in [6, 6.07) is 0. The molecule has 0 N–H and O–H groups in total. The van der Waals surface area contributed by atoms with E-state index in [1.165, 1.54) is 32.1 Å². The van der Waals surface area contributed by atoms with E-state index in [1.807, 2.05) is 0 Å². The zero-order valence-electron chi connectivity index (χ0n) is 10.8.